The number of halogens is 1. The minimum atomic E-state index is -1.26. The Morgan fingerprint density at radius 2 is 2.15 bits per heavy atom. The second-order valence-corrected chi connectivity index (χ2v) is 6.92. The van der Waals surface area contributed by atoms with Gasteiger partial charge in [-0.25, -0.2) is 4.39 Å². The largest absolute Gasteiger partial charge is 0.465 e. The van der Waals surface area contributed by atoms with Crippen LogP contribution >= 0.6 is 0 Å². The van der Waals surface area contributed by atoms with Crippen molar-refractivity contribution in [1.82, 2.24) is 5.32 Å². The number of alkyl halides is 1. The fourth-order valence-corrected chi connectivity index (χ4v) is 4.37. The van der Waals surface area contributed by atoms with Gasteiger partial charge < -0.3 is 9.47 Å². The highest BCUT2D eigenvalue weighted by atomic mass is 19.1. The molecule has 0 unspecified atom stereocenters. The Balaban J connectivity index is 0.00000261. The van der Waals surface area contributed by atoms with Crippen molar-refractivity contribution in [2.75, 3.05) is 6.61 Å². The summed E-state index contributed by atoms with van der Waals surface area (Å²) in [6.07, 6.45) is -0.228. The molecule has 1 aromatic carbocycles. The van der Waals surface area contributed by atoms with Crippen LogP contribution in [-0.2, 0) is 19.1 Å². The summed E-state index contributed by atoms with van der Waals surface area (Å²) < 4.78 is 24.8. The predicted molar refractivity (Wildman–Crippen MR) is 95.7 cm³/mol. The SMILES string of the molecule is C=COC(=O)[C@H]1[C@H]2[C@@H]1[C@](N[C@H](C)c1ccccc1)(C(=O)OCC)C[C@H]2F.[HH]. The second kappa shape index (κ2) is 7.19. The monoisotopic (exact) mass is 363 g/mol. The van der Waals surface area contributed by atoms with Crippen molar-refractivity contribution in [3.05, 3.63) is 48.7 Å². The summed E-state index contributed by atoms with van der Waals surface area (Å²) >= 11 is 0. The highest BCUT2D eigenvalue weighted by Crippen LogP contribution is 2.64. The molecule has 0 heterocycles. The summed E-state index contributed by atoms with van der Waals surface area (Å²) in [5.41, 5.74) is -0.263. The first kappa shape index (κ1) is 18.6. The molecule has 0 aromatic heterocycles. The molecule has 5 nitrogen and oxygen atoms in total. The third-order valence-electron chi connectivity index (χ3n) is 5.46. The smallest absolute Gasteiger partial charge is 0.326 e. The van der Waals surface area contributed by atoms with Gasteiger partial charge in [-0.15, -0.1) is 0 Å². The fraction of sp³-hybridized carbons (Fsp3) is 0.500. The molecule has 2 aliphatic rings. The molecule has 2 fully saturated rings. The van der Waals surface area contributed by atoms with Crippen molar-refractivity contribution in [3.63, 3.8) is 0 Å². The van der Waals surface area contributed by atoms with Crippen LogP contribution < -0.4 is 5.32 Å². The standard InChI is InChI=1S/C20H24FNO4.H2/c1-4-25-18(23)16-15-14(21)11-20(17(15)16,19(24)26-5-2)22-12(3)13-9-7-6-8-10-13;/h4,6-10,12,14-17,22H,1,5,11H2,2-3H3;1H/t12-,14-,15+,16+,17+,20+;/m1./s1. The maximum absolute atomic E-state index is 14.7. The van der Waals surface area contributed by atoms with Crippen LogP contribution in [0.2, 0.25) is 0 Å². The summed E-state index contributed by atoms with van der Waals surface area (Å²) in [5.74, 6) is -2.71. The summed E-state index contributed by atoms with van der Waals surface area (Å²) in [7, 11) is 0. The lowest BCUT2D eigenvalue weighted by Gasteiger charge is -2.34. The number of carbonyl (C=O) groups is 2. The predicted octanol–water partition coefficient (Wildman–Crippen LogP) is 3.18. The quantitative estimate of drug-likeness (QED) is 0.595. The Labute approximate surface area is 154 Å². The van der Waals surface area contributed by atoms with Crippen molar-refractivity contribution in [1.29, 1.82) is 0 Å². The van der Waals surface area contributed by atoms with E-state index in [2.05, 4.69) is 11.9 Å². The zero-order valence-corrected chi connectivity index (χ0v) is 15.0. The third kappa shape index (κ3) is 3.03. The van der Waals surface area contributed by atoms with Crippen LogP contribution in [0.1, 0.15) is 33.3 Å². The Kier molecular flexibility index (Phi) is 5.14. The first-order chi connectivity index (χ1) is 12.5. The van der Waals surface area contributed by atoms with Gasteiger partial charge in [0.25, 0.3) is 0 Å². The molecule has 3 rings (SSSR count). The Bertz CT molecular complexity index is 700. The van der Waals surface area contributed by atoms with Gasteiger partial charge in [0.1, 0.15) is 11.7 Å². The van der Waals surface area contributed by atoms with Crippen molar-refractivity contribution >= 4 is 11.9 Å². The summed E-state index contributed by atoms with van der Waals surface area (Å²) in [5, 5.41) is 3.29. The van der Waals surface area contributed by atoms with Gasteiger partial charge in [-0.3, -0.25) is 14.9 Å². The van der Waals surface area contributed by atoms with E-state index in [9.17, 15) is 14.0 Å². The molecule has 0 radical (unpaired) electrons. The normalized spacial score (nSPS) is 33.0. The van der Waals surface area contributed by atoms with Gasteiger partial charge in [-0.1, -0.05) is 36.9 Å². The van der Waals surface area contributed by atoms with Crippen molar-refractivity contribution in [2.45, 2.75) is 38.0 Å². The lowest BCUT2D eigenvalue weighted by Crippen LogP contribution is -2.55. The van der Waals surface area contributed by atoms with Crippen molar-refractivity contribution < 1.29 is 24.9 Å². The topological polar surface area (TPSA) is 64.6 Å². The number of hydrogen-bond acceptors (Lipinski definition) is 5. The van der Waals surface area contributed by atoms with E-state index >= 15 is 0 Å². The molecule has 6 atom stereocenters. The van der Waals surface area contributed by atoms with E-state index in [-0.39, 0.29) is 20.5 Å². The van der Waals surface area contributed by atoms with Crippen LogP contribution in [0.15, 0.2) is 43.2 Å². The molecule has 1 aromatic rings. The maximum atomic E-state index is 14.7. The molecule has 26 heavy (non-hydrogen) atoms. The van der Waals surface area contributed by atoms with E-state index in [1.54, 1.807) is 6.92 Å². The molecule has 2 aliphatic carbocycles. The Morgan fingerprint density at radius 1 is 1.46 bits per heavy atom. The van der Waals surface area contributed by atoms with E-state index in [0.29, 0.717) is 0 Å². The molecule has 142 valence electrons. The third-order valence-corrected chi connectivity index (χ3v) is 5.46. The van der Waals surface area contributed by atoms with Crippen LogP contribution in [0, 0.1) is 17.8 Å². The molecule has 0 aliphatic heterocycles. The first-order valence-electron chi connectivity index (χ1n) is 8.91. The van der Waals surface area contributed by atoms with Gasteiger partial charge in [0.2, 0.25) is 0 Å². The molecule has 1 N–H and O–H groups in total. The zero-order chi connectivity index (χ0) is 18.9. The van der Waals surface area contributed by atoms with Gasteiger partial charge in [-0.2, -0.15) is 0 Å². The first-order valence-corrected chi connectivity index (χ1v) is 8.91. The van der Waals surface area contributed by atoms with E-state index in [1.807, 2.05) is 37.3 Å². The minimum absolute atomic E-state index is 0. The van der Waals surface area contributed by atoms with Gasteiger partial charge in [0.05, 0.1) is 18.8 Å². The number of ether oxygens (including phenoxy) is 2. The highest BCUT2D eigenvalue weighted by Gasteiger charge is 2.76. The molecular formula is C20H26FNO4. The lowest BCUT2D eigenvalue weighted by molar-refractivity contribution is -0.154. The molecule has 0 amide bonds. The van der Waals surface area contributed by atoms with E-state index < -0.39 is 41.4 Å². The van der Waals surface area contributed by atoms with Gasteiger partial charge in [0, 0.05) is 25.7 Å². The Morgan fingerprint density at radius 3 is 2.77 bits per heavy atom. The van der Waals surface area contributed by atoms with Crippen LogP contribution in [0.3, 0.4) is 0 Å². The summed E-state index contributed by atoms with van der Waals surface area (Å²) in [4.78, 5) is 25.0. The summed E-state index contributed by atoms with van der Waals surface area (Å²) in [6, 6.07) is 9.38. The average Bonchev–Trinajstić information content (AvgIpc) is 3.32. The van der Waals surface area contributed by atoms with Crippen molar-refractivity contribution in [3.8, 4) is 0 Å². The number of rotatable bonds is 7. The summed E-state index contributed by atoms with van der Waals surface area (Å²) in [6.45, 7) is 7.18. The number of fused-ring (bicyclic) bond motifs is 1. The molecular weight excluding hydrogens is 337 g/mol. The molecule has 0 saturated heterocycles. The number of benzene rings is 1. The van der Waals surface area contributed by atoms with Crippen LogP contribution in [-0.4, -0.2) is 30.3 Å². The Hall–Kier alpha value is -2.21. The van der Waals surface area contributed by atoms with Gasteiger partial charge >= 0.3 is 11.9 Å². The average molecular weight is 363 g/mol. The molecule has 6 heteroatoms. The number of hydrogen-bond donors (Lipinski definition) is 1. The number of carbonyl (C=O) groups excluding carboxylic acids is 2. The van der Waals surface area contributed by atoms with Crippen LogP contribution in [0.25, 0.3) is 0 Å². The van der Waals surface area contributed by atoms with Crippen molar-refractivity contribution in [2.24, 2.45) is 17.8 Å². The van der Waals surface area contributed by atoms with Gasteiger partial charge in [-0.05, 0) is 19.4 Å². The van der Waals surface area contributed by atoms with E-state index in [0.717, 1.165) is 11.8 Å². The molecule has 2 saturated carbocycles. The lowest BCUT2D eigenvalue weighted by atomic mass is 9.88. The van der Waals surface area contributed by atoms with E-state index in [1.165, 1.54) is 0 Å². The van der Waals surface area contributed by atoms with Crippen LogP contribution in [0.5, 0.6) is 0 Å². The van der Waals surface area contributed by atoms with E-state index in [4.69, 9.17) is 9.47 Å². The number of esters is 2. The minimum Gasteiger partial charge on any atom is -0.465 e. The van der Waals surface area contributed by atoms with Gasteiger partial charge in [0.15, 0.2) is 0 Å². The second-order valence-electron chi connectivity index (χ2n) is 6.92. The number of nitrogens with one attached hydrogen (secondary N) is 1. The molecule has 0 bridgehead atoms. The van der Waals surface area contributed by atoms with Crippen LogP contribution in [0.4, 0.5) is 4.39 Å². The highest BCUT2D eigenvalue weighted by molar-refractivity contribution is 5.87. The maximum Gasteiger partial charge on any atom is 0.326 e. The fourth-order valence-electron chi connectivity index (χ4n) is 4.37. The zero-order valence-electron chi connectivity index (χ0n) is 15.0. The molecule has 0 spiro atoms.